The van der Waals surface area contributed by atoms with Gasteiger partial charge in [0, 0.05) is 50.3 Å². The quantitative estimate of drug-likeness (QED) is 0.658. The lowest BCUT2D eigenvalue weighted by molar-refractivity contribution is -0.131. The second-order valence-corrected chi connectivity index (χ2v) is 7.05. The molecule has 1 aliphatic rings. The summed E-state index contributed by atoms with van der Waals surface area (Å²) in [5, 5.41) is 4.50. The first kappa shape index (κ1) is 18.2. The average Bonchev–Trinajstić information content (AvgIpc) is 3.37. The Morgan fingerprint density at radius 3 is 2.96 bits per heavy atom. The van der Waals surface area contributed by atoms with E-state index >= 15 is 0 Å². The normalized spacial score (nSPS) is 17.1. The van der Waals surface area contributed by atoms with Crippen LogP contribution in [-0.4, -0.2) is 50.7 Å². The van der Waals surface area contributed by atoms with Gasteiger partial charge in [-0.05, 0) is 18.9 Å². The summed E-state index contributed by atoms with van der Waals surface area (Å²) in [6, 6.07) is 2.06. The fraction of sp³-hybridized carbons (Fsp3) is 0.400. The van der Waals surface area contributed by atoms with Gasteiger partial charge in [-0.25, -0.2) is 9.97 Å². The molecule has 0 unspecified atom stereocenters. The number of fused-ring (bicyclic) bond motifs is 1. The minimum absolute atomic E-state index is 0.116. The Morgan fingerprint density at radius 1 is 1.36 bits per heavy atom. The number of hydrogen-bond donors (Lipinski definition) is 2. The van der Waals surface area contributed by atoms with Gasteiger partial charge in [-0.15, -0.1) is 0 Å². The molecular formula is C20H23N5O3. The summed E-state index contributed by atoms with van der Waals surface area (Å²) in [5.41, 5.74) is 2.29. The van der Waals surface area contributed by atoms with Gasteiger partial charge in [0.15, 0.2) is 11.5 Å². The van der Waals surface area contributed by atoms with E-state index in [1.54, 1.807) is 6.20 Å². The number of aromatic nitrogens is 3. The molecule has 28 heavy (non-hydrogen) atoms. The lowest BCUT2D eigenvalue weighted by Crippen LogP contribution is -2.45. The van der Waals surface area contributed by atoms with E-state index in [-0.39, 0.29) is 23.5 Å². The van der Waals surface area contributed by atoms with Crippen molar-refractivity contribution in [3.05, 3.63) is 30.4 Å². The van der Waals surface area contributed by atoms with Crippen molar-refractivity contribution in [2.45, 2.75) is 39.2 Å². The second-order valence-electron chi connectivity index (χ2n) is 7.05. The largest absolute Gasteiger partial charge is 0.433 e. The van der Waals surface area contributed by atoms with Crippen LogP contribution < -0.4 is 5.32 Å². The van der Waals surface area contributed by atoms with Crippen LogP contribution in [0.25, 0.3) is 22.5 Å². The van der Waals surface area contributed by atoms with Gasteiger partial charge in [0.1, 0.15) is 5.65 Å². The number of ketones is 1. The zero-order valence-electron chi connectivity index (χ0n) is 16.0. The highest BCUT2D eigenvalue weighted by molar-refractivity contribution is 5.97. The van der Waals surface area contributed by atoms with Crippen LogP contribution in [0.1, 0.15) is 43.7 Å². The maximum absolute atomic E-state index is 12.1. The van der Waals surface area contributed by atoms with E-state index in [9.17, 15) is 9.59 Å². The van der Waals surface area contributed by atoms with E-state index in [1.807, 2.05) is 24.1 Å². The highest BCUT2D eigenvalue weighted by Gasteiger charge is 2.25. The molecule has 0 aromatic carbocycles. The van der Waals surface area contributed by atoms with Crippen LogP contribution in [-0.2, 0) is 4.79 Å². The highest BCUT2D eigenvalue weighted by atomic mass is 16.4. The number of anilines is 1. The zero-order chi connectivity index (χ0) is 19.7. The molecular weight excluding hydrogens is 358 g/mol. The predicted molar refractivity (Wildman–Crippen MR) is 105 cm³/mol. The molecule has 1 amide bonds. The standard InChI is InChI=1S/C20H23N5O3/c1-3-17(27)25-8-4-5-13(11-25)24-18-14-6-7-21-19(14)22-9-15(18)20-23-10-16(28-20)12(2)26/h6-7,9-10,13H,3-5,8,11H2,1-2H3,(H2,21,22,24)/t13-/m1/s1. The smallest absolute Gasteiger partial charge is 0.230 e. The molecule has 2 N–H and O–H groups in total. The van der Waals surface area contributed by atoms with Crippen molar-refractivity contribution >= 4 is 28.4 Å². The van der Waals surface area contributed by atoms with E-state index < -0.39 is 0 Å². The number of nitrogens with zero attached hydrogens (tertiary/aromatic N) is 3. The maximum Gasteiger partial charge on any atom is 0.230 e. The lowest BCUT2D eigenvalue weighted by atomic mass is 10.0. The third-order valence-corrected chi connectivity index (χ3v) is 5.09. The molecule has 0 aliphatic carbocycles. The van der Waals surface area contributed by atoms with Gasteiger partial charge in [-0.1, -0.05) is 6.92 Å². The molecule has 4 heterocycles. The van der Waals surface area contributed by atoms with Crippen molar-refractivity contribution in [1.29, 1.82) is 0 Å². The fourth-order valence-corrected chi connectivity index (χ4v) is 3.64. The second kappa shape index (κ2) is 7.46. The summed E-state index contributed by atoms with van der Waals surface area (Å²) in [5.74, 6) is 0.560. The van der Waals surface area contributed by atoms with E-state index in [4.69, 9.17) is 4.42 Å². The summed E-state index contributed by atoms with van der Waals surface area (Å²) < 4.78 is 5.65. The summed E-state index contributed by atoms with van der Waals surface area (Å²) >= 11 is 0. The van der Waals surface area contributed by atoms with E-state index in [2.05, 4.69) is 20.3 Å². The summed E-state index contributed by atoms with van der Waals surface area (Å²) in [6.45, 7) is 4.79. The van der Waals surface area contributed by atoms with Gasteiger partial charge in [-0.3, -0.25) is 9.59 Å². The molecule has 3 aromatic heterocycles. The molecule has 0 spiro atoms. The van der Waals surface area contributed by atoms with E-state index in [0.29, 0.717) is 24.4 Å². The zero-order valence-corrected chi connectivity index (χ0v) is 16.0. The number of nitrogens with one attached hydrogen (secondary N) is 2. The van der Waals surface area contributed by atoms with Crippen molar-refractivity contribution in [3.63, 3.8) is 0 Å². The van der Waals surface area contributed by atoms with Crippen molar-refractivity contribution < 1.29 is 14.0 Å². The number of carbonyl (C=O) groups excluding carboxylic acids is 2. The highest BCUT2D eigenvalue weighted by Crippen LogP contribution is 2.34. The first-order chi connectivity index (χ1) is 13.6. The van der Waals surface area contributed by atoms with Crippen molar-refractivity contribution in [3.8, 4) is 11.5 Å². The molecule has 1 fully saturated rings. The van der Waals surface area contributed by atoms with Crippen molar-refractivity contribution in [2.24, 2.45) is 0 Å². The van der Waals surface area contributed by atoms with Crippen molar-refractivity contribution in [2.75, 3.05) is 18.4 Å². The Labute approximate surface area is 162 Å². The number of carbonyl (C=O) groups is 2. The Balaban J connectivity index is 1.69. The Kier molecular flexibility index (Phi) is 4.85. The molecule has 1 atom stereocenters. The monoisotopic (exact) mass is 381 g/mol. The van der Waals surface area contributed by atoms with Gasteiger partial charge in [0.05, 0.1) is 17.4 Å². The summed E-state index contributed by atoms with van der Waals surface area (Å²) in [7, 11) is 0. The number of Topliss-reactive ketones (excluding diaryl/α,β-unsaturated/α-hetero) is 1. The molecule has 0 saturated carbocycles. The number of aromatic amines is 1. The molecule has 1 saturated heterocycles. The Hall–Kier alpha value is -3.16. The van der Waals surface area contributed by atoms with Crippen LogP contribution in [0.5, 0.6) is 0 Å². The summed E-state index contributed by atoms with van der Waals surface area (Å²) in [4.78, 5) is 37.4. The summed E-state index contributed by atoms with van der Waals surface area (Å²) in [6.07, 6.45) is 7.38. The number of amides is 1. The van der Waals surface area contributed by atoms with E-state index in [1.165, 1.54) is 13.1 Å². The molecule has 8 heteroatoms. The van der Waals surface area contributed by atoms with Crippen LogP contribution in [0.2, 0.25) is 0 Å². The molecule has 0 radical (unpaired) electrons. The minimum Gasteiger partial charge on any atom is -0.433 e. The number of oxazole rings is 1. The number of pyridine rings is 1. The molecule has 1 aliphatic heterocycles. The molecule has 3 aromatic rings. The molecule has 8 nitrogen and oxygen atoms in total. The van der Waals surface area contributed by atoms with Gasteiger partial charge in [0.25, 0.3) is 0 Å². The van der Waals surface area contributed by atoms with Crippen LogP contribution in [0.4, 0.5) is 5.69 Å². The number of piperidine rings is 1. The molecule has 4 rings (SSSR count). The van der Waals surface area contributed by atoms with Gasteiger partial charge in [-0.2, -0.15) is 0 Å². The molecule has 0 bridgehead atoms. The minimum atomic E-state index is -0.176. The number of H-pyrrole nitrogens is 1. The topological polar surface area (TPSA) is 104 Å². The SMILES string of the molecule is CCC(=O)N1CCC[C@@H](Nc2c(-c3ncc(C(C)=O)o3)cnc3[nH]ccc23)C1. The first-order valence-corrected chi connectivity index (χ1v) is 9.54. The van der Waals surface area contributed by atoms with Gasteiger partial charge < -0.3 is 19.6 Å². The third-order valence-electron chi connectivity index (χ3n) is 5.09. The Bertz CT molecular complexity index is 1020. The maximum atomic E-state index is 12.1. The first-order valence-electron chi connectivity index (χ1n) is 9.54. The number of rotatable bonds is 5. The van der Waals surface area contributed by atoms with Gasteiger partial charge >= 0.3 is 0 Å². The fourth-order valence-electron chi connectivity index (χ4n) is 3.64. The van der Waals surface area contributed by atoms with Crippen LogP contribution >= 0.6 is 0 Å². The number of likely N-dealkylation sites (tertiary alicyclic amines) is 1. The Morgan fingerprint density at radius 2 is 2.21 bits per heavy atom. The van der Waals surface area contributed by atoms with Crippen molar-refractivity contribution in [1.82, 2.24) is 19.9 Å². The average molecular weight is 381 g/mol. The molecule has 146 valence electrons. The third kappa shape index (κ3) is 3.37. The van der Waals surface area contributed by atoms with Gasteiger partial charge in [0.2, 0.25) is 11.8 Å². The van der Waals surface area contributed by atoms with Crippen LogP contribution in [0.3, 0.4) is 0 Å². The van der Waals surface area contributed by atoms with Crippen LogP contribution in [0, 0.1) is 0 Å². The van der Waals surface area contributed by atoms with E-state index in [0.717, 1.165) is 36.1 Å². The lowest BCUT2D eigenvalue weighted by Gasteiger charge is -2.34. The number of hydrogen-bond acceptors (Lipinski definition) is 6. The predicted octanol–water partition coefficient (Wildman–Crippen LogP) is 3.23. The van der Waals surface area contributed by atoms with Crippen LogP contribution in [0.15, 0.2) is 29.1 Å².